The summed E-state index contributed by atoms with van der Waals surface area (Å²) in [6.07, 6.45) is 3.82. The summed E-state index contributed by atoms with van der Waals surface area (Å²) in [5.74, 6) is -4.39. The second kappa shape index (κ2) is 25.1. The molecule has 0 saturated heterocycles. The van der Waals surface area contributed by atoms with Gasteiger partial charge in [-0.3, -0.25) is 15.0 Å². The molecule has 5 rings (SSSR count). The first-order chi connectivity index (χ1) is 31.9. The fraction of sp³-hybridized carbons (Fsp3) is 0.188. The van der Waals surface area contributed by atoms with Crippen LogP contribution in [0, 0.1) is 0 Å². The number of aromatic nitrogens is 1. The average Bonchev–Trinajstić information content (AvgIpc) is 3.76. The second-order valence-electron chi connectivity index (χ2n) is 13.6. The minimum absolute atomic E-state index is 0.0490. The van der Waals surface area contributed by atoms with Crippen LogP contribution in [0.15, 0.2) is 134 Å². The van der Waals surface area contributed by atoms with Crippen molar-refractivity contribution < 1.29 is 66.7 Å². The zero-order chi connectivity index (χ0) is 47.3. The molecule has 0 aliphatic heterocycles. The minimum Gasteiger partial charge on any atom is -0.462 e. The van der Waals surface area contributed by atoms with E-state index < -0.39 is 47.9 Å². The molecule has 1 heterocycles. The first-order valence-electron chi connectivity index (χ1n) is 20.1. The van der Waals surface area contributed by atoms with Crippen LogP contribution in [-0.4, -0.2) is 85.5 Å². The summed E-state index contributed by atoms with van der Waals surface area (Å²) in [6, 6.07) is 24.8. The Hall–Kier alpha value is -8.25. The van der Waals surface area contributed by atoms with E-state index in [0.29, 0.717) is 17.1 Å². The standard InChI is InChI=1S/C48H43N3O14S/c1-4-41(52)59-25-26-60-44(55)23-15-31-11-17-33(18-12-31)46(57)64-36-21-22-39(35(27-36)28-49-51-48-50-38-9-7-8-10-40(38)66-48)65-47(58)34-19-13-32(14-20-34)16-24-45(56)62-30-37(63-43(54)6-3)29-61-42(53)5-2/h4-14,17-22,27-28,37H,1-3,15-16,23-26,29-30H2,(H,50,51)/b49-28+. The Morgan fingerprint density at radius 1 is 0.652 bits per heavy atom. The molecule has 340 valence electrons. The maximum absolute atomic E-state index is 13.4. The predicted octanol–water partition coefficient (Wildman–Crippen LogP) is 6.69. The van der Waals surface area contributed by atoms with Gasteiger partial charge in [-0.2, -0.15) is 5.10 Å². The monoisotopic (exact) mass is 917 g/mol. The number of fused-ring (bicyclic) bond motifs is 1. The predicted molar refractivity (Wildman–Crippen MR) is 241 cm³/mol. The minimum atomic E-state index is -1.06. The largest absolute Gasteiger partial charge is 0.462 e. The van der Waals surface area contributed by atoms with E-state index in [0.717, 1.165) is 34.0 Å². The van der Waals surface area contributed by atoms with Crippen LogP contribution in [0.25, 0.3) is 10.2 Å². The number of ether oxygens (including phenoxy) is 7. The lowest BCUT2D eigenvalue weighted by Gasteiger charge is -2.16. The van der Waals surface area contributed by atoms with Crippen LogP contribution in [0.1, 0.15) is 50.2 Å². The summed E-state index contributed by atoms with van der Waals surface area (Å²) < 4.78 is 37.4. The molecular formula is C48H43N3O14S. The van der Waals surface area contributed by atoms with Crippen molar-refractivity contribution in [2.45, 2.75) is 31.8 Å². The molecule has 0 fully saturated rings. The number of hydrogen-bond acceptors (Lipinski definition) is 18. The number of nitrogens with one attached hydrogen (secondary N) is 1. The zero-order valence-corrected chi connectivity index (χ0v) is 36.2. The first-order valence-corrected chi connectivity index (χ1v) is 20.9. The van der Waals surface area contributed by atoms with E-state index in [4.69, 9.17) is 33.2 Å². The van der Waals surface area contributed by atoms with E-state index in [9.17, 15) is 33.6 Å². The van der Waals surface area contributed by atoms with Crippen LogP contribution in [0.5, 0.6) is 11.5 Å². The molecular weight excluding hydrogens is 875 g/mol. The third-order valence-corrected chi connectivity index (χ3v) is 9.82. The highest BCUT2D eigenvalue weighted by atomic mass is 32.1. The third kappa shape index (κ3) is 15.8. The van der Waals surface area contributed by atoms with Gasteiger partial charge in [0.15, 0.2) is 6.10 Å². The van der Waals surface area contributed by atoms with Gasteiger partial charge in [-0.25, -0.2) is 29.0 Å². The molecule has 0 spiro atoms. The van der Waals surface area contributed by atoms with Crippen molar-refractivity contribution in [1.29, 1.82) is 0 Å². The summed E-state index contributed by atoms with van der Waals surface area (Å²) in [4.78, 5) is 89.8. The van der Waals surface area contributed by atoms with Crippen molar-refractivity contribution in [1.82, 2.24) is 4.98 Å². The molecule has 5 aromatic rings. The van der Waals surface area contributed by atoms with Crippen molar-refractivity contribution in [3.8, 4) is 11.5 Å². The fourth-order valence-corrected chi connectivity index (χ4v) is 6.36. The normalized spacial score (nSPS) is 11.1. The van der Waals surface area contributed by atoms with Crippen LogP contribution in [0.4, 0.5) is 5.13 Å². The number of rotatable bonds is 24. The highest BCUT2D eigenvalue weighted by Gasteiger charge is 2.19. The smallest absolute Gasteiger partial charge is 0.343 e. The van der Waals surface area contributed by atoms with Crippen molar-refractivity contribution in [3.63, 3.8) is 0 Å². The number of thiazole rings is 1. The van der Waals surface area contributed by atoms with Gasteiger partial charge in [-0.05, 0) is 78.6 Å². The highest BCUT2D eigenvalue weighted by Crippen LogP contribution is 2.27. The Bertz CT molecular complexity index is 2570. The van der Waals surface area contributed by atoms with E-state index in [1.807, 2.05) is 24.3 Å². The van der Waals surface area contributed by atoms with E-state index in [-0.39, 0.29) is 73.9 Å². The molecule has 66 heavy (non-hydrogen) atoms. The lowest BCUT2D eigenvalue weighted by molar-refractivity contribution is -0.162. The van der Waals surface area contributed by atoms with E-state index in [2.05, 4.69) is 35.2 Å². The Balaban J connectivity index is 1.19. The summed E-state index contributed by atoms with van der Waals surface area (Å²) in [6.45, 7) is 9.02. The SMILES string of the molecule is C=CC(=O)OCCOC(=O)CCc1ccc(C(=O)Oc2ccc(OC(=O)c3ccc(CCC(=O)OCC(COC(=O)C=C)OC(=O)C=C)cc3)c(/C=N/Nc3nc4ccccc4s3)c2)cc1. The van der Waals surface area contributed by atoms with Crippen molar-refractivity contribution in [3.05, 3.63) is 157 Å². The number of aryl methyl sites for hydroxylation is 2. The van der Waals surface area contributed by atoms with Gasteiger partial charge in [0.1, 0.15) is 37.9 Å². The maximum Gasteiger partial charge on any atom is 0.343 e. The molecule has 0 bridgehead atoms. The first kappa shape index (κ1) is 48.8. The number of anilines is 1. The molecule has 18 heteroatoms. The topological polar surface area (TPSA) is 221 Å². The van der Waals surface area contributed by atoms with Crippen molar-refractivity contribution >= 4 is 74.7 Å². The molecule has 4 aromatic carbocycles. The van der Waals surface area contributed by atoms with Gasteiger partial charge in [0.2, 0.25) is 5.13 Å². The molecule has 0 aliphatic carbocycles. The molecule has 1 atom stereocenters. The van der Waals surface area contributed by atoms with Gasteiger partial charge in [0, 0.05) is 36.6 Å². The molecule has 1 unspecified atom stereocenters. The third-order valence-electron chi connectivity index (χ3n) is 8.88. The molecule has 17 nitrogen and oxygen atoms in total. The number of esters is 7. The second-order valence-corrected chi connectivity index (χ2v) is 14.6. The summed E-state index contributed by atoms with van der Waals surface area (Å²) in [5, 5.41) is 4.81. The van der Waals surface area contributed by atoms with Crippen molar-refractivity contribution in [2.75, 3.05) is 31.9 Å². The Kier molecular flexibility index (Phi) is 18.6. The Labute approximate surface area is 382 Å². The molecule has 1 aromatic heterocycles. The van der Waals surface area contributed by atoms with Gasteiger partial charge in [-0.15, -0.1) is 0 Å². The van der Waals surface area contributed by atoms with Gasteiger partial charge < -0.3 is 33.2 Å². The van der Waals surface area contributed by atoms with E-state index in [1.165, 1.54) is 47.9 Å². The van der Waals surface area contributed by atoms with Gasteiger partial charge in [-0.1, -0.05) is 67.5 Å². The number of nitrogens with zero attached hydrogens (tertiary/aromatic N) is 2. The molecule has 0 saturated carbocycles. The van der Waals surface area contributed by atoms with Crippen LogP contribution in [0.3, 0.4) is 0 Å². The summed E-state index contributed by atoms with van der Waals surface area (Å²) in [7, 11) is 0. The molecule has 0 aliphatic rings. The number of carbonyl (C=O) groups is 7. The van der Waals surface area contributed by atoms with Gasteiger partial charge >= 0.3 is 41.8 Å². The molecule has 0 amide bonds. The Morgan fingerprint density at radius 3 is 1.86 bits per heavy atom. The average molecular weight is 918 g/mol. The summed E-state index contributed by atoms with van der Waals surface area (Å²) in [5.41, 5.74) is 5.85. The zero-order valence-electron chi connectivity index (χ0n) is 35.3. The van der Waals surface area contributed by atoms with Gasteiger partial charge in [0.25, 0.3) is 0 Å². The van der Waals surface area contributed by atoms with Crippen molar-refractivity contribution in [2.24, 2.45) is 5.10 Å². The number of hydrazone groups is 1. The summed E-state index contributed by atoms with van der Waals surface area (Å²) >= 11 is 1.39. The lowest BCUT2D eigenvalue weighted by Crippen LogP contribution is -2.30. The van der Waals surface area contributed by atoms with E-state index >= 15 is 0 Å². The van der Waals surface area contributed by atoms with Crippen LogP contribution < -0.4 is 14.9 Å². The molecule has 0 radical (unpaired) electrons. The lowest BCUT2D eigenvalue weighted by atomic mass is 10.1. The van der Waals surface area contributed by atoms with Crippen LogP contribution >= 0.6 is 11.3 Å². The molecule has 1 N–H and O–H groups in total. The number of carbonyl (C=O) groups excluding carboxylic acids is 7. The quantitative estimate of drug-likeness (QED) is 0.0130. The highest BCUT2D eigenvalue weighted by molar-refractivity contribution is 7.22. The number of hydrogen-bond donors (Lipinski definition) is 1. The number of para-hydroxylation sites is 1. The number of benzene rings is 4. The fourth-order valence-electron chi connectivity index (χ4n) is 5.54. The van der Waals surface area contributed by atoms with E-state index in [1.54, 1.807) is 36.4 Å². The van der Waals surface area contributed by atoms with Gasteiger partial charge in [0.05, 0.1) is 27.6 Å². The Morgan fingerprint density at radius 2 is 1.23 bits per heavy atom. The maximum atomic E-state index is 13.4. The van der Waals surface area contributed by atoms with Crippen LogP contribution in [-0.2, 0) is 60.5 Å². The van der Waals surface area contributed by atoms with Crippen LogP contribution in [0.2, 0.25) is 0 Å².